The van der Waals surface area contributed by atoms with Gasteiger partial charge in [-0.1, -0.05) is 29.9 Å². The van der Waals surface area contributed by atoms with Crippen LogP contribution in [-0.2, 0) is 14.3 Å². The maximum atomic E-state index is 5.97. The fourth-order valence-electron chi connectivity index (χ4n) is 2.18. The number of ether oxygens (including phenoxy) is 4. The van der Waals surface area contributed by atoms with Crippen molar-refractivity contribution in [2.75, 3.05) is 39.6 Å². The Morgan fingerprint density at radius 1 is 0.577 bits per heavy atom. The maximum Gasteiger partial charge on any atom is 0.191 e. The number of hydrogen-bond acceptors (Lipinski definition) is 8. The van der Waals surface area contributed by atoms with Crippen molar-refractivity contribution >= 4 is 0 Å². The number of hydrogen-bond donors (Lipinski definition) is 2. The normalized spacial score (nSPS) is 17.2. The molecule has 8 heteroatoms. The Kier molecular flexibility index (Phi) is 7.51. The second kappa shape index (κ2) is 10.6. The monoisotopic (exact) mass is 362 g/mol. The quantitative estimate of drug-likeness (QED) is 0.739. The summed E-state index contributed by atoms with van der Waals surface area (Å²) in [5, 5.41) is 0. The lowest BCUT2D eigenvalue weighted by molar-refractivity contribution is -0.0801. The van der Waals surface area contributed by atoms with Gasteiger partial charge in [-0.05, 0) is 24.3 Å². The van der Waals surface area contributed by atoms with Crippen molar-refractivity contribution in [2.24, 2.45) is 0 Å². The zero-order chi connectivity index (χ0) is 17.9. The molecule has 1 aliphatic heterocycles. The molecule has 0 radical (unpaired) electrons. The molecule has 0 amide bonds. The van der Waals surface area contributed by atoms with E-state index in [1.165, 1.54) is 0 Å². The lowest BCUT2D eigenvalue weighted by Crippen LogP contribution is -2.35. The van der Waals surface area contributed by atoms with Crippen molar-refractivity contribution in [3.8, 4) is 23.0 Å². The maximum absolute atomic E-state index is 5.97. The lowest BCUT2D eigenvalue weighted by Gasteiger charge is -2.16. The lowest BCUT2D eigenvalue weighted by atomic mass is 10.3. The topological polar surface area (TPSA) is 79.4 Å². The molecule has 0 spiro atoms. The summed E-state index contributed by atoms with van der Waals surface area (Å²) in [5.74, 6) is 2.22. The van der Waals surface area contributed by atoms with Crippen molar-refractivity contribution < 1.29 is 28.6 Å². The highest BCUT2D eigenvalue weighted by molar-refractivity contribution is 5.47. The van der Waals surface area contributed by atoms with Crippen LogP contribution in [0.4, 0.5) is 0 Å². The Morgan fingerprint density at radius 2 is 1.15 bits per heavy atom. The molecule has 0 fully saturated rings. The first-order valence-electron chi connectivity index (χ1n) is 8.36. The van der Waals surface area contributed by atoms with Gasteiger partial charge in [0.1, 0.15) is 6.61 Å². The molecule has 0 aromatic heterocycles. The smallest absolute Gasteiger partial charge is 0.191 e. The van der Waals surface area contributed by atoms with Crippen LogP contribution in [0.5, 0.6) is 23.0 Å². The van der Waals surface area contributed by atoms with Gasteiger partial charge in [0, 0.05) is 0 Å². The Balaban J connectivity index is 1.71. The molecule has 0 bridgehead atoms. The summed E-state index contributed by atoms with van der Waals surface area (Å²) in [6, 6.07) is 14.7. The average Bonchev–Trinajstić information content (AvgIpc) is 2.67. The van der Waals surface area contributed by atoms with Crippen molar-refractivity contribution in [2.45, 2.75) is 0 Å². The molecule has 1 aliphatic rings. The van der Waals surface area contributed by atoms with Crippen LogP contribution in [0.3, 0.4) is 0 Å². The van der Waals surface area contributed by atoms with Crippen LogP contribution in [0.15, 0.2) is 48.5 Å². The molecule has 0 saturated heterocycles. The van der Waals surface area contributed by atoms with Crippen LogP contribution < -0.4 is 25.5 Å². The summed E-state index contributed by atoms with van der Waals surface area (Å²) >= 11 is 0. The first kappa shape index (κ1) is 18.4. The van der Waals surface area contributed by atoms with Gasteiger partial charge in [0.2, 0.25) is 0 Å². The number of hydrazine groups is 1. The second-order valence-electron chi connectivity index (χ2n) is 5.22. The number of fused-ring (bicyclic) bond motifs is 2. The molecular formula is C18H22N2O6. The van der Waals surface area contributed by atoms with Crippen molar-refractivity contribution in [1.82, 2.24) is 11.2 Å². The Morgan fingerprint density at radius 3 is 1.92 bits per heavy atom. The summed E-state index contributed by atoms with van der Waals surface area (Å²) in [6.45, 7) is 2.63. The largest absolute Gasteiger partial charge is 0.487 e. The molecule has 0 atom stereocenters. The van der Waals surface area contributed by atoms with E-state index in [-0.39, 0.29) is 0 Å². The van der Waals surface area contributed by atoms with E-state index in [0.717, 1.165) is 0 Å². The third-order valence-electron chi connectivity index (χ3n) is 3.38. The molecule has 0 aliphatic carbocycles. The predicted octanol–water partition coefficient (Wildman–Crippen LogP) is 2.22. The standard InChI is InChI=1S/C18H22N2O6/c1-2-6-16-15(5-1)23-13-11-21-9-10-22-12-14-24-19-20-26-18-8-4-3-7-17(18)25-16/h1-8,19-20H,9-14H2. The minimum absolute atomic E-state index is 0.352. The highest BCUT2D eigenvalue weighted by Crippen LogP contribution is 2.35. The molecule has 2 aromatic carbocycles. The summed E-state index contributed by atoms with van der Waals surface area (Å²) in [4.78, 5) is 10.6. The fraction of sp³-hybridized carbons (Fsp3) is 0.333. The molecule has 2 aromatic rings. The van der Waals surface area contributed by atoms with Gasteiger partial charge in [-0.3, -0.25) is 4.84 Å². The Labute approximate surface area is 151 Å². The van der Waals surface area contributed by atoms with Crippen LogP contribution in [0.25, 0.3) is 0 Å². The van der Waals surface area contributed by atoms with E-state index < -0.39 is 0 Å². The number of nitrogens with one attached hydrogen (secondary N) is 2. The van der Waals surface area contributed by atoms with E-state index >= 15 is 0 Å². The van der Waals surface area contributed by atoms with Gasteiger partial charge >= 0.3 is 0 Å². The molecular weight excluding hydrogens is 340 g/mol. The van der Waals surface area contributed by atoms with Crippen LogP contribution in [0, 0.1) is 0 Å². The number of rotatable bonds is 0. The molecule has 0 saturated carbocycles. The van der Waals surface area contributed by atoms with E-state index in [9.17, 15) is 0 Å². The Hall–Kier alpha value is -2.36. The first-order valence-corrected chi connectivity index (χ1v) is 8.36. The molecule has 2 N–H and O–H groups in total. The summed E-state index contributed by atoms with van der Waals surface area (Å²) in [5.41, 5.74) is 4.99. The first-order chi connectivity index (χ1) is 12.9. The molecule has 8 nitrogen and oxygen atoms in total. The van der Waals surface area contributed by atoms with E-state index in [1.807, 2.05) is 36.4 Å². The van der Waals surface area contributed by atoms with Crippen LogP contribution in [0.1, 0.15) is 0 Å². The predicted molar refractivity (Wildman–Crippen MR) is 92.9 cm³/mol. The highest BCUT2D eigenvalue weighted by Gasteiger charge is 2.10. The molecule has 140 valence electrons. The van der Waals surface area contributed by atoms with Gasteiger partial charge in [0.05, 0.1) is 33.0 Å². The zero-order valence-electron chi connectivity index (χ0n) is 14.3. The second-order valence-corrected chi connectivity index (χ2v) is 5.22. The van der Waals surface area contributed by atoms with E-state index in [1.54, 1.807) is 12.1 Å². The van der Waals surface area contributed by atoms with Gasteiger partial charge in [0.25, 0.3) is 0 Å². The number of para-hydroxylation sites is 4. The van der Waals surface area contributed by atoms with Gasteiger partial charge in [-0.2, -0.15) is 0 Å². The molecule has 3 rings (SSSR count). The van der Waals surface area contributed by atoms with Gasteiger partial charge < -0.3 is 23.8 Å². The molecule has 0 unspecified atom stereocenters. The molecule has 1 heterocycles. The third kappa shape index (κ3) is 5.87. The summed E-state index contributed by atoms with van der Waals surface area (Å²) < 4.78 is 22.6. The summed E-state index contributed by atoms with van der Waals surface area (Å²) in [6.07, 6.45) is 0. The van der Waals surface area contributed by atoms with Crippen LogP contribution in [-0.4, -0.2) is 39.6 Å². The van der Waals surface area contributed by atoms with Crippen LogP contribution in [0.2, 0.25) is 0 Å². The van der Waals surface area contributed by atoms with Gasteiger partial charge in [0.15, 0.2) is 23.0 Å². The van der Waals surface area contributed by atoms with Crippen LogP contribution >= 0.6 is 0 Å². The third-order valence-corrected chi connectivity index (χ3v) is 3.38. The van der Waals surface area contributed by atoms with Crippen molar-refractivity contribution in [1.29, 1.82) is 0 Å². The average molecular weight is 362 g/mol. The van der Waals surface area contributed by atoms with Gasteiger partial charge in [-0.25, -0.2) is 0 Å². The van der Waals surface area contributed by atoms with E-state index in [2.05, 4.69) is 11.2 Å². The van der Waals surface area contributed by atoms with E-state index in [4.69, 9.17) is 28.6 Å². The number of benzene rings is 2. The minimum Gasteiger partial charge on any atom is -0.487 e. The highest BCUT2D eigenvalue weighted by atomic mass is 16.8. The Bertz CT molecular complexity index is 614. The minimum atomic E-state index is 0.352. The molecule has 26 heavy (non-hydrogen) atoms. The fourth-order valence-corrected chi connectivity index (χ4v) is 2.18. The van der Waals surface area contributed by atoms with E-state index in [0.29, 0.717) is 62.6 Å². The zero-order valence-corrected chi connectivity index (χ0v) is 14.3. The summed E-state index contributed by atoms with van der Waals surface area (Å²) in [7, 11) is 0. The van der Waals surface area contributed by atoms with Crippen molar-refractivity contribution in [3.63, 3.8) is 0 Å². The van der Waals surface area contributed by atoms with Gasteiger partial charge in [-0.15, -0.1) is 5.59 Å². The SMILES string of the molecule is c1ccc2c(c1)OCCOCCOCCONNOc1ccccc1O2. The van der Waals surface area contributed by atoms with Crippen molar-refractivity contribution in [3.05, 3.63) is 48.5 Å².